The highest BCUT2D eigenvalue weighted by atomic mass is 32.2. The Kier molecular flexibility index (Phi) is 6.50. The van der Waals surface area contributed by atoms with Crippen LogP contribution in [0, 0.1) is 0 Å². The fourth-order valence-electron chi connectivity index (χ4n) is 3.30. The first-order chi connectivity index (χ1) is 12.5. The largest absolute Gasteiger partial charge is 0.376 e. The maximum atomic E-state index is 12.8. The van der Waals surface area contributed by atoms with Crippen molar-refractivity contribution in [2.24, 2.45) is 0 Å². The highest BCUT2D eigenvalue weighted by Gasteiger charge is 2.29. The molecule has 2 aliphatic heterocycles. The zero-order chi connectivity index (χ0) is 18.6. The topological polar surface area (TPSA) is 61.9 Å². The molecule has 0 saturated carbocycles. The molecule has 2 heterocycles. The number of thiocarbonyl (C=S) groups is 1. The molecule has 1 atom stereocenters. The average Bonchev–Trinajstić information content (AvgIpc) is 3.20. The van der Waals surface area contributed by atoms with E-state index in [4.69, 9.17) is 17.0 Å². The number of hydrogen-bond donors (Lipinski definition) is 1. The average molecular weight is 398 g/mol. The summed E-state index contributed by atoms with van der Waals surface area (Å²) in [6, 6.07) is 7.17. The van der Waals surface area contributed by atoms with E-state index in [0.29, 0.717) is 36.2 Å². The van der Waals surface area contributed by atoms with E-state index in [1.807, 2.05) is 17.0 Å². The molecule has 1 aromatic carbocycles. The lowest BCUT2D eigenvalue weighted by Gasteiger charge is -2.35. The summed E-state index contributed by atoms with van der Waals surface area (Å²) >= 11 is 5.45. The molecular formula is C18H27N3O3S2. The van der Waals surface area contributed by atoms with Gasteiger partial charge in [-0.1, -0.05) is 19.1 Å². The molecule has 0 bridgehead atoms. The van der Waals surface area contributed by atoms with Gasteiger partial charge in [-0.2, -0.15) is 4.31 Å². The quantitative estimate of drug-likeness (QED) is 0.762. The smallest absolute Gasteiger partial charge is 0.243 e. The summed E-state index contributed by atoms with van der Waals surface area (Å²) in [7, 11) is -3.44. The first-order valence-electron chi connectivity index (χ1n) is 9.24. The van der Waals surface area contributed by atoms with Crippen molar-refractivity contribution in [1.82, 2.24) is 14.5 Å². The lowest BCUT2D eigenvalue weighted by Crippen LogP contribution is -2.53. The predicted molar refractivity (Wildman–Crippen MR) is 106 cm³/mol. The van der Waals surface area contributed by atoms with E-state index < -0.39 is 10.0 Å². The van der Waals surface area contributed by atoms with E-state index in [1.165, 1.54) is 0 Å². The van der Waals surface area contributed by atoms with Crippen molar-refractivity contribution in [3.8, 4) is 0 Å². The third-order valence-corrected chi connectivity index (χ3v) is 7.32. The first-order valence-corrected chi connectivity index (χ1v) is 11.1. The molecule has 2 saturated heterocycles. The Morgan fingerprint density at radius 2 is 1.92 bits per heavy atom. The summed E-state index contributed by atoms with van der Waals surface area (Å²) < 4.78 is 32.7. The zero-order valence-electron chi connectivity index (χ0n) is 15.2. The second kappa shape index (κ2) is 8.65. The molecule has 0 aromatic heterocycles. The maximum absolute atomic E-state index is 12.8. The monoisotopic (exact) mass is 397 g/mol. The molecule has 3 rings (SSSR count). The standard InChI is InChI=1S/C18H27N3O3S2/c1-2-15-5-7-17(8-6-15)26(22,23)21-11-9-20(10-12-21)18(25)19-14-16-4-3-13-24-16/h5-8,16H,2-4,9-14H2,1H3,(H,19,25)/t16-/m0/s1. The van der Waals surface area contributed by atoms with E-state index >= 15 is 0 Å². The van der Waals surface area contributed by atoms with Gasteiger partial charge in [0.15, 0.2) is 5.11 Å². The molecule has 6 nitrogen and oxygen atoms in total. The predicted octanol–water partition coefficient (Wildman–Crippen LogP) is 1.61. The molecule has 1 aromatic rings. The number of rotatable bonds is 5. The number of nitrogens with one attached hydrogen (secondary N) is 1. The number of ether oxygens (including phenoxy) is 1. The van der Waals surface area contributed by atoms with Crippen LogP contribution in [0.1, 0.15) is 25.3 Å². The Bertz CT molecular complexity index is 708. The summed E-state index contributed by atoms with van der Waals surface area (Å²) in [6.45, 7) is 5.70. The van der Waals surface area contributed by atoms with Gasteiger partial charge in [0.05, 0.1) is 11.0 Å². The van der Waals surface area contributed by atoms with Crippen LogP contribution in [0.3, 0.4) is 0 Å². The van der Waals surface area contributed by atoms with Crippen LogP contribution in [0.15, 0.2) is 29.2 Å². The number of hydrogen-bond acceptors (Lipinski definition) is 4. The van der Waals surface area contributed by atoms with Crippen LogP contribution < -0.4 is 5.32 Å². The number of aryl methyl sites for hydroxylation is 1. The van der Waals surface area contributed by atoms with Gasteiger partial charge in [-0.25, -0.2) is 8.42 Å². The SMILES string of the molecule is CCc1ccc(S(=O)(=O)N2CCN(C(=S)NC[C@@H]3CCCO3)CC2)cc1. The van der Waals surface area contributed by atoms with Gasteiger partial charge in [0, 0.05) is 39.3 Å². The Morgan fingerprint density at radius 3 is 2.50 bits per heavy atom. The Labute approximate surface area is 161 Å². The molecule has 8 heteroatoms. The van der Waals surface area contributed by atoms with Crippen molar-refractivity contribution in [2.45, 2.75) is 37.2 Å². The Morgan fingerprint density at radius 1 is 1.23 bits per heavy atom. The van der Waals surface area contributed by atoms with Crippen molar-refractivity contribution >= 4 is 27.4 Å². The third kappa shape index (κ3) is 4.54. The minimum atomic E-state index is -3.44. The second-order valence-corrected chi connectivity index (χ2v) is 9.03. The molecule has 1 N–H and O–H groups in total. The molecular weight excluding hydrogens is 370 g/mol. The first kappa shape index (κ1) is 19.5. The van der Waals surface area contributed by atoms with E-state index in [0.717, 1.165) is 38.0 Å². The molecule has 0 radical (unpaired) electrons. The van der Waals surface area contributed by atoms with Crippen LogP contribution in [0.5, 0.6) is 0 Å². The van der Waals surface area contributed by atoms with Crippen molar-refractivity contribution < 1.29 is 13.2 Å². The normalized spacial score (nSPS) is 21.7. The van der Waals surface area contributed by atoms with E-state index in [9.17, 15) is 8.42 Å². The summed E-state index contributed by atoms with van der Waals surface area (Å²) in [4.78, 5) is 2.40. The van der Waals surface area contributed by atoms with E-state index in [-0.39, 0.29) is 6.10 Å². The molecule has 2 fully saturated rings. The highest BCUT2D eigenvalue weighted by molar-refractivity contribution is 7.89. The minimum absolute atomic E-state index is 0.237. The van der Waals surface area contributed by atoms with Gasteiger partial charge in [-0.3, -0.25) is 0 Å². The second-order valence-electron chi connectivity index (χ2n) is 6.71. The molecule has 144 valence electrons. The number of sulfonamides is 1. The van der Waals surface area contributed by atoms with Gasteiger partial charge in [0.25, 0.3) is 0 Å². The van der Waals surface area contributed by atoms with Gasteiger partial charge in [0.1, 0.15) is 0 Å². The molecule has 2 aliphatic rings. The number of benzene rings is 1. The van der Waals surface area contributed by atoms with Crippen molar-refractivity contribution in [1.29, 1.82) is 0 Å². The van der Waals surface area contributed by atoms with Crippen molar-refractivity contribution in [3.05, 3.63) is 29.8 Å². The maximum Gasteiger partial charge on any atom is 0.243 e. The third-order valence-electron chi connectivity index (χ3n) is 5.00. The van der Waals surface area contributed by atoms with Crippen LogP contribution in [-0.2, 0) is 21.2 Å². The van der Waals surface area contributed by atoms with Crippen LogP contribution in [0.4, 0.5) is 0 Å². The molecule has 0 amide bonds. The lowest BCUT2D eigenvalue weighted by molar-refractivity contribution is 0.113. The molecule has 26 heavy (non-hydrogen) atoms. The molecule has 0 unspecified atom stereocenters. The van der Waals surface area contributed by atoms with E-state index in [2.05, 4.69) is 12.2 Å². The zero-order valence-corrected chi connectivity index (χ0v) is 16.8. The van der Waals surface area contributed by atoms with Gasteiger partial charge in [-0.05, 0) is 49.2 Å². The number of piperazine rings is 1. The van der Waals surface area contributed by atoms with Gasteiger partial charge in [0.2, 0.25) is 10.0 Å². The molecule has 0 spiro atoms. The van der Waals surface area contributed by atoms with Crippen LogP contribution in [0.25, 0.3) is 0 Å². The summed E-state index contributed by atoms with van der Waals surface area (Å²) in [6.07, 6.45) is 3.31. The van der Waals surface area contributed by atoms with Crippen molar-refractivity contribution in [2.75, 3.05) is 39.3 Å². The fourth-order valence-corrected chi connectivity index (χ4v) is 4.98. The van der Waals surface area contributed by atoms with Crippen molar-refractivity contribution in [3.63, 3.8) is 0 Å². The summed E-state index contributed by atoms with van der Waals surface area (Å²) in [5, 5.41) is 3.94. The fraction of sp³-hybridized carbons (Fsp3) is 0.611. The highest BCUT2D eigenvalue weighted by Crippen LogP contribution is 2.19. The number of nitrogens with zero attached hydrogens (tertiary/aromatic N) is 2. The lowest BCUT2D eigenvalue weighted by atomic mass is 10.2. The van der Waals surface area contributed by atoms with Gasteiger partial charge >= 0.3 is 0 Å². The minimum Gasteiger partial charge on any atom is -0.376 e. The summed E-state index contributed by atoms with van der Waals surface area (Å²) in [5.41, 5.74) is 1.14. The van der Waals surface area contributed by atoms with E-state index in [1.54, 1.807) is 16.4 Å². The Hall–Kier alpha value is -1.22. The van der Waals surface area contributed by atoms with Crippen LogP contribution in [-0.4, -0.2) is 68.2 Å². The van der Waals surface area contributed by atoms with Gasteiger partial charge < -0.3 is 15.0 Å². The Balaban J connectivity index is 1.52. The van der Waals surface area contributed by atoms with Crippen LogP contribution in [0.2, 0.25) is 0 Å². The molecule has 0 aliphatic carbocycles. The van der Waals surface area contributed by atoms with Crippen LogP contribution >= 0.6 is 12.2 Å². The van der Waals surface area contributed by atoms with Gasteiger partial charge in [-0.15, -0.1) is 0 Å². The summed E-state index contributed by atoms with van der Waals surface area (Å²) in [5.74, 6) is 0.